The van der Waals surface area contributed by atoms with Gasteiger partial charge in [-0.1, -0.05) is 11.3 Å². The van der Waals surface area contributed by atoms with Crippen LogP contribution in [0.25, 0.3) is 10.9 Å². The number of carbonyl (C=O) groups excluding carboxylic acids is 1. The second-order valence-electron chi connectivity index (χ2n) is 5.03. The van der Waals surface area contributed by atoms with Crippen LogP contribution in [-0.4, -0.2) is 40.0 Å². The van der Waals surface area contributed by atoms with Crippen LogP contribution in [-0.2, 0) is 0 Å². The molecule has 4 rings (SSSR count). The first kappa shape index (κ1) is 12.4. The van der Waals surface area contributed by atoms with E-state index in [2.05, 4.69) is 9.97 Å². The number of carbonyl (C=O) groups is 1. The number of hydrogen-bond donors (Lipinski definition) is 1. The summed E-state index contributed by atoms with van der Waals surface area (Å²) in [5.41, 5.74) is 1.76. The molecule has 1 aliphatic heterocycles. The van der Waals surface area contributed by atoms with Crippen LogP contribution in [0.2, 0.25) is 0 Å². The summed E-state index contributed by atoms with van der Waals surface area (Å²) in [5.74, 6) is 0.0529. The van der Waals surface area contributed by atoms with Crippen LogP contribution in [0.5, 0.6) is 5.19 Å². The highest BCUT2D eigenvalue weighted by atomic mass is 32.1. The zero-order valence-electron chi connectivity index (χ0n) is 11.2. The second-order valence-corrected chi connectivity index (χ2v) is 5.88. The van der Waals surface area contributed by atoms with Gasteiger partial charge in [-0.2, -0.15) is 0 Å². The molecule has 0 aliphatic carbocycles. The highest BCUT2D eigenvalue weighted by Crippen LogP contribution is 2.22. The SMILES string of the molecule is O=C(c1ccc2[nH]ccc2c1)N1CC(Oc2nccs2)C1. The van der Waals surface area contributed by atoms with E-state index in [0.29, 0.717) is 18.3 Å². The molecule has 106 valence electrons. The molecule has 3 aromatic rings. The minimum atomic E-state index is 0.0519. The molecule has 2 aromatic heterocycles. The van der Waals surface area contributed by atoms with Crippen molar-refractivity contribution in [2.75, 3.05) is 13.1 Å². The highest BCUT2D eigenvalue weighted by Gasteiger charge is 2.33. The number of thiazole rings is 1. The Morgan fingerprint density at radius 3 is 3.10 bits per heavy atom. The van der Waals surface area contributed by atoms with Gasteiger partial charge in [-0.25, -0.2) is 4.98 Å². The number of fused-ring (bicyclic) bond motifs is 1. The molecule has 6 heteroatoms. The lowest BCUT2D eigenvalue weighted by molar-refractivity contribution is 0.0177. The minimum Gasteiger partial charge on any atom is -0.463 e. The molecular weight excluding hydrogens is 286 g/mol. The van der Waals surface area contributed by atoms with Crippen LogP contribution < -0.4 is 4.74 Å². The number of likely N-dealkylation sites (tertiary alicyclic amines) is 1. The molecule has 1 aliphatic rings. The van der Waals surface area contributed by atoms with E-state index >= 15 is 0 Å². The molecule has 1 fully saturated rings. The van der Waals surface area contributed by atoms with Gasteiger partial charge in [0.05, 0.1) is 13.1 Å². The molecule has 1 aromatic carbocycles. The van der Waals surface area contributed by atoms with Crippen LogP contribution in [0.4, 0.5) is 0 Å². The van der Waals surface area contributed by atoms with Crippen molar-refractivity contribution in [2.45, 2.75) is 6.10 Å². The number of rotatable bonds is 3. The number of amides is 1. The third kappa shape index (κ3) is 2.27. The number of hydrogen-bond acceptors (Lipinski definition) is 4. The fourth-order valence-corrected chi connectivity index (χ4v) is 3.01. The molecule has 1 N–H and O–H groups in total. The number of nitrogens with one attached hydrogen (secondary N) is 1. The summed E-state index contributed by atoms with van der Waals surface area (Å²) in [4.78, 5) is 21.4. The van der Waals surface area contributed by atoms with Gasteiger partial charge in [0.15, 0.2) is 0 Å². The van der Waals surface area contributed by atoms with Gasteiger partial charge in [0.25, 0.3) is 11.1 Å². The van der Waals surface area contributed by atoms with Crippen molar-refractivity contribution in [3.8, 4) is 5.19 Å². The van der Waals surface area contributed by atoms with Gasteiger partial charge in [0, 0.05) is 34.2 Å². The van der Waals surface area contributed by atoms with Gasteiger partial charge in [-0.15, -0.1) is 0 Å². The van der Waals surface area contributed by atoms with Crippen LogP contribution in [0, 0.1) is 0 Å². The zero-order chi connectivity index (χ0) is 14.2. The third-order valence-electron chi connectivity index (χ3n) is 3.61. The molecule has 3 heterocycles. The van der Waals surface area contributed by atoms with E-state index < -0.39 is 0 Å². The van der Waals surface area contributed by atoms with Crippen molar-refractivity contribution in [1.29, 1.82) is 0 Å². The lowest BCUT2D eigenvalue weighted by Crippen LogP contribution is -2.56. The van der Waals surface area contributed by atoms with Gasteiger partial charge >= 0.3 is 0 Å². The first-order valence-corrected chi connectivity index (χ1v) is 7.60. The van der Waals surface area contributed by atoms with Crippen molar-refractivity contribution in [1.82, 2.24) is 14.9 Å². The largest absolute Gasteiger partial charge is 0.463 e. The van der Waals surface area contributed by atoms with Crippen molar-refractivity contribution in [2.24, 2.45) is 0 Å². The van der Waals surface area contributed by atoms with Crippen LogP contribution in [0.3, 0.4) is 0 Å². The van der Waals surface area contributed by atoms with E-state index in [0.717, 1.165) is 16.5 Å². The normalized spacial score (nSPS) is 15.1. The van der Waals surface area contributed by atoms with Gasteiger partial charge in [0.2, 0.25) is 0 Å². The molecular formula is C15H13N3O2S. The Morgan fingerprint density at radius 1 is 1.38 bits per heavy atom. The Bertz CT molecular complexity index is 775. The molecule has 0 radical (unpaired) electrons. The number of ether oxygens (including phenoxy) is 1. The monoisotopic (exact) mass is 299 g/mol. The standard InChI is InChI=1S/C15H13N3O2S/c19-14(11-1-2-13-10(7-11)3-4-16-13)18-8-12(9-18)20-15-17-5-6-21-15/h1-7,12,16H,8-9H2. The summed E-state index contributed by atoms with van der Waals surface area (Å²) < 4.78 is 5.67. The molecule has 0 spiro atoms. The Labute approximate surface area is 125 Å². The topological polar surface area (TPSA) is 58.2 Å². The highest BCUT2D eigenvalue weighted by molar-refractivity contribution is 7.11. The van der Waals surface area contributed by atoms with E-state index in [1.165, 1.54) is 11.3 Å². The molecule has 21 heavy (non-hydrogen) atoms. The first-order chi connectivity index (χ1) is 10.3. The number of benzene rings is 1. The van der Waals surface area contributed by atoms with Crippen molar-refractivity contribution >= 4 is 28.1 Å². The van der Waals surface area contributed by atoms with E-state index in [9.17, 15) is 4.79 Å². The predicted molar refractivity (Wildman–Crippen MR) is 80.7 cm³/mol. The zero-order valence-corrected chi connectivity index (χ0v) is 12.0. The average molecular weight is 299 g/mol. The summed E-state index contributed by atoms with van der Waals surface area (Å²) in [6.07, 6.45) is 3.64. The van der Waals surface area contributed by atoms with Crippen molar-refractivity contribution in [3.63, 3.8) is 0 Å². The van der Waals surface area contributed by atoms with E-state index in [4.69, 9.17) is 4.74 Å². The summed E-state index contributed by atoms with van der Waals surface area (Å²) in [7, 11) is 0. The number of nitrogens with zero attached hydrogens (tertiary/aromatic N) is 2. The maximum Gasteiger partial charge on any atom is 0.273 e. The maximum absolute atomic E-state index is 12.4. The lowest BCUT2D eigenvalue weighted by Gasteiger charge is -2.38. The van der Waals surface area contributed by atoms with Gasteiger partial charge in [0.1, 0.15) is 6.10 Å². The molecule has 1 saturated heterocycles. The predicted octanol–water partition coefficient (Wildman–Crippen LogP) is 2.53. The fraction of sp³-hybridized carbons (Fsp3) is 0.200. The lowest BCUT2D eigenvalue weighted by atomic mass is 10.1. The van der Waals surface area contributed by atoms with Gasteiger partial charge in [-0.05, 0) is 24.3 Å². The number of aromatic nitrogens is 2. The van der Waals surface area contributed by atoms with E-state index in [-0.39, 0.29) is 12.0 Å². The van der Waals surface area contributed by atoms with E-state index in [1.807, 2.05) is 35.8 Å². The molecule has 0 unspecified atom stereocenters. The fourth-order valence-electron chi connectivity index (χ4n) is 2.46. The van der Waals surface area contributed by atoms with Crippen molar-refractivity contribution < 1.29 is 9.53 Å². The summed E-state index contributed by atoms with van der Waals surface area (Å²) in [5, 5.41) is 3.60. The average Bonchev–Trinajstić information content (AvgIpc) is 3.11. The smallest absolute Gasteiger partial charge is 0.273 e. The summed E-state index contributed by atoms with van der Waals surface area (Å²) in [6.45, 7) is 1.23. The molecule has 0 saturated carbocycles. The quantitative estimate of drug-likeness (QED) is 0.808. The van der Waals surface area contributed by atoms with E-state index in [1.54, 1.807) is 11.1 Å². The second kappa shape index (κ2) is 4.89. The Hall–Kier alpha value is -2.34. The number of aromatic amines is 1. The van der Waals surface area contributed by atoms with Crippen molar-refractivity contribution in [3.05, 3.63) is 47.6 Å². The van der Waals surface area contributed by atoms with Gasteiger partial charge < -0.3 is 14.6 Å². The number of H-pyrrole nitrogens is 1. The first-order valence-electron chi connectivity index (χ1n) is 6.72. The minimum absolute atomic E-state index is 0.0519. The summed E-state index contributed by atoms with van der Waals surface area (Å²) >= 11 is 1.47. The summed E-state index contributed by atoms with van der Waals surface area (Å²) in [6, 6.07) is 7.68. The van der Waals surface area contributed by atoms with Gasteiger partial charge in [-0.3, -0.25) is 4.79 Å². The third-order valence-corrected chi connectivity index (χ3v) is 4.27. The molecule has 5 nitrogen and oxygen atoms in total. The Balaban J connectivity index is 1.42. The Morgan fingerprint density at radius 2 is 2.29 bits per heavy atom. The van der Waals surface area contributed by atoms with Crippen LogP contribution in [0.15, 0.2) is 42.0 Å². The maximum atomic E-state index is 12.4. The Kier molecular flexibility index (Phi) is 2.89. The molecule has 1 amide bonds. The molecule has 0 bridgehead atoms. The molecule has 0 atom stereocenters. The van der Waals surface area contributed by atoms with Crippen LogP contribution in [0.1, 0.15) is 10.4 Å². The van der Waals surface area contributed by atoms with Crippen LogP contribution >= 0.6 is 11.3 Å².